The van der Waals surface area contributed by atoms with Gasteiger partial charge in [-0.3, -0.25) is 4.79 Å². The van der Waals surface area contributed by atoms with Gasteiger partial charge in [-0.25, -0.2) is 4.79 Å². The third kappa shape index (κ3) is 5.07. The van der Waals surface area contributed by atoms with Gasteiger partial charge in [-0.05, 0) is 42.8 Å². The minimum Gasteiger partial charge on any atom is -0.462 e. The molecule has 3 rings (SSSR count). The zero-order chi connectivity index (χ0) is 19.1. The monoisotopic (exact) mass is 363 g/mol. The molecule has 138 valence electrons. The van der Waals surface area contributed by atoms with E-state index >= 15 is 0 Å². The van der Waals surface area contributed by atoms with Crippen molar-refractivity contribution in [3.63, 3.8) is 0 Å². The summed E-state index contributed by atoms with van der Waals surface area (Å²) in [5, 5.41) is 3.71. The maximum absolute atomic E-state index is 12.1. The lowest BCUT2D eigenvalue weighted by molar-refractivity contribution is -0.111. The SMILES string of the molecule is CCCCOC(=O)c1cccc(NC(=O)C=Cc2cc3ccccc3o2)c1. The Morgan fingerprint density at radius 2 is 1.96 bits per heavy atom. The zero-order valence-corrected chi connectivity index (χ0v) is 15.1. The van der Waals surface area contributed by atoms with Crippen LogP contribution < -0.4 is 5.32 Å². The Hall–Kier alpha value is -3.34. The quantitative estimate of drug-likeness (QED) is 0.363. The summed E-state index contributed by atoms with van der Waals surface area (Å²) in [6.45, 7) is 2.43. The van der Waals surface area contributed by atoms with E-state index in [-0.39, 0.29) is 5.91 Å². The summed E-state index contributed by atoms with van der Waals surface area (Å²) in [5.41, 5.74) is 1.70. The summed E-state index contributed by atoms with van der Waals surface area (Å²) in [4.78, 5) is 24.1. The summed E-state index contributed by atoms with van der Waals surface area (Å²) in [7, 11) is 0. The average molecular weight is 363 g/mol. The molecule has 27 heavy (non-hydrogen) atoms. The molecule has 0 aliphatic rings. The first-order valence-electron chi connectivity index (χ1n) is 8.90. The van der Waals surface area contributed by atoms with E-state index in [2.05, 4.69) is 5.32 Å². The van der Waals surface area contributed by atoms with Crippen LogP contribution in [0.1, 0.15) is 35.9 Å². The molecule has 0 aliphatic heterocycles. The standard InChI is InChI=1S/C22H21NO4/c1-2-3-13-26-22(25)17-8-6-9-18(14-17)23-21(24)12-11-19-15-16-7-4-5-10-20(16)27-19/h4-12,14-15H,2-3,13H2,1H3,(H,23,24). The number of anilines is 1. The maximum Gasteiger partial charge on any atom is 0.338 e. The predicted molar refractivity (Wildman–Crippen MR) is 106 cm³/mol. The Bertz CT molecular complexity index is 938. The number of furan rings is 1. The van der Waals surface area contributed by atoms with E-state index < -0.39 is 5.97 Å². The highest BCUT2D eigenvalue weighted by atomic mass is 16.5. The van der Waals surface area contributed by atoms with Crippen LogP contribution in [-0.2, 0) is 9.53 Å². The molecule has 0 saturated carbocycles. The van der Waals surface area contributed by atoms with Gasteiger partial charge in [0, 0.05) is 17.1 Å². The van der Waals surface area contributed by atoms with Crippen LogP contribution in [0.25, 0.3) is 17.0 Å². The molecule has 0 spiro atoms. The number of esters is 1. The molecule has 1 N–H and O–H groups in total. The van der Waals surface area contributed by atoms with Crippen molar-refractivity contribution in [2.24, 2.45) is 0 Å². The molecule has 0 saturated heterocycles. The van der Waals surface area contributed by atoms with Crippen LogP contribution in [-0.4, -0.2) is 18.5 Å². The molecule has 1 amide bonds. The number of amides is 1. The third-order valence-electron chi connectivity index (χ3n) is 3.94. The minimum atomic E-state index is -0.391. The largest absolute Gasteiger partial charge is 0.462 e. The van der Waals surface area contributed by atoms with E-state index in [0.29, 0.717) is 23.6 Å². The second-order valence-corrected chi connectivity index (χ2v) is 6.08. The van der Waals surface area contributed by atoms with Gasteiger partial charge in [-0.2, -0.15) is 0 Å². The molecule has 0 fully saturated rings. The topological polar surface area (TPSA) is 68.5 Å². The van der Waals surface area contributed by atoms with Crippen molar-refractivity contribution >= 4 is 34.6 Å². The van der Waals surface area contributed by atoms with Crippen molar-refractivity contribution in [2.45, 2.75) is 19.8 Å². The molecule has 0 bridgehead atoms. The second kappa shape index (κ2) is 8.85. The Morgan fingerprint density at radius 1 is 1.11 bits per heavy atom. The first-order valence-corrected chi connectivity index (χ1v) is 8.90. The van der Waals surface area contributed by atoms with Crippen LogP contribution in [0.4, 0.5) is 5.69 Å². The fraction of sp³-hybridized carbons (Fsp3) is 0.182. The molecule has 3 aromatic rings. The summed E-state index contributed by atoms with van der Waals surface area (Å²) in [6, 6.07) is 16.2. The predicted octanol–water partition coefficient (Wildman–Crippen LogP) is 5.04. The molecule has 0 radical (unpaired) electrons. The van der Waals surface area contributed by atoms with E-state index in [9.17, 15) is 9.59 Å². The molecule has 1 aromatic heterocycles. The highest BCUT2D eigenvalue weighted by Gasteiger charge is 2.08. The van der Waals surface area contributed by atoms with Gasteiger partial charge in [0.2, 0.25) is 5.91 Å². The highest BCUT2D eigenvalue weighted by Crippen LogP contribution is 2.19. The number of ether oxygens (including phenoxy) is 1. The molecule has 1 heterocycles. The summed E-state index contributed by atoms with van der Waals surface area (Å²) in [5.74, 6) is -0.107. The molecular formula is C22H21NO4. The Labute approximate surface area is 157 Å². The summed E-state index contributed by atoms with van der Waals surface area (Å²) >= 11 is 0. The number of fused-ring (bicyclic) bond motifs is 1. The van der Waals surface area contributed by atoms with E-state index in [1.807, 2.05) is 37.3 Å². The molecular weight excluding hydrogens is 342 g/mol. The van der Waals surface area contributed by atoms with E-state index in [4.69, 9.17) is 9.15 Å². The van der Waals surface area contributed by atoms with Crippen molar-refractivity contribution in [3.05, 3.63) is 72.0 Å². The van der Waals surface area contributed by atoms with Crippen LogP contribution in [0.5, 0.6) is 0 Å². The van der Waals surface area contributed by atoms with Crippen LogP contribution in [0.15, 0.2) is 65.1 Å². The van der Waals surface area contributed by atoms with Gasteiger partial charge in [-0.1, -0.05) is 37.6 Å². The van der Waals surface area contributed by atoms with Gasteiger partial charge >= 0.3 is 5.97 Å². The normalized spacial score (nSPS) is 11.0. The number of carbonyl (C=O) groups excluding carboxylic acids is 2. The fourth-order valence-corrected chi connectivity index (χ4v) is 2.54. The fourth-order valence-electron chi connectivity index (χ4n) is 2.54. The molecule has 0 unspecified atom stereocenters. The van der Waals surface area contributed by atoms with Crippen molar-refractivity contribution in [1.29, 1.82) is 0 Å². The lowest BCUT2D eigenvalue weighted by Gasteiger charge is -2.06. The first kappa shape index (κ1) is 18.5. The van der Waals surface area contributed by atoms with Crippen molar-refractivity contribution in [3.8, 4) is 0 Å². The molecule has 0 aliphatic carbocycles. The lowest BCUT2D eigenvalue weighted by Crippen LogP contribution is -2.10. The Kier molecular flexibility index (Phi) is 6.05. The second-order valence-electron chi connectivity index (χ2n) is 6.08. The van der Waals surface area contributed by atoms with Gasteiger partial charge in [0.1, 0.15) is 11.3 Å². The summed E-state index contributed by atoms with van der Waals surface area (Å²) < 4.78 is 10.8. The first-order chi connectivity index (χ1) is 13.2. The minimum absolute atomic E-state index is 0.313. The van der Waals surface area contributed by atoms with Gasteiger partial charge in [0.25, 0.3) is 0 Å². The van der Waals surface area contributed by atoms with E-state index in [0.717, 1.165) is 23.8 Å². The Balaban J connectivity index is 1.61. The molecule has 5 heteroatoms. The number of nitrogens with one attached hydrogen (secondary N) is 1. The number of unbranched alkanes of at least 4 members (excludes halogenated alkanes) is 1. The van der Waals surface area contributed by atoms with Gasteiger partial charge in [0.05, 0.1) is 12.2 Å². The third-order valence-corrected chi connectivity index (χ3v) is 3.94. The van der Waals surface area contributed by atoms with Crippen molar-refractivity contribution in [1.82, 2.24) is 0 Å². The number of carbonyl (C=O) groups is 2. The zero-order valence-electron chi connectivity index (χ0n) is 15.1. The van der Waals surface area contributed by atoms with Crippen molar-refractivity contribution < 1.29 is 18.7 Å². The van der Waals surface area contributed by atoms with Gasteiger partial charge in [0.15, 0.2) is 0 Å². The van der Waals surface area contributed by atoms with Gasteiger partial charge < -0.3 is 14.5 Å². The highest BCUT2D eigenvalue weighted by molar-refractivity contribution is 6.02. The van der Waals surface area contributed by atoms with Crippen LogP contribution >= 0.6 is 0 Å². The van der Waals surface area contributed by atoms with E-state index in [1.165, 1.54) is 6.08 Å². The van der Waals surface area contributed by atoms with Gasteiger partial charge in [-0.15, -0.1) is 0 Å². The molecule has 2 aromatic carbocycles. The molecule has 5 nitrogen and oxygen atoms in total. The smallest absolute Gasteiger partial charge is 0.338 e. The van der Waals surface area contributed by atoms with Crippen molar-refractivity contribution in [2.75, 3.05) is 11.9 Å². The summed E-state index contributed by atoms with van der Waals surface area (Å²) in [6.07, 6.45) is 4.79. The number of hydrogen-bond acceptors (Lipinski definition) is 4. The molecule has 0 atom stereocenters. The number of para-hydroxylation sites is 1. The van der Waals surface area contributed by atoms with Crippen LogP contribution in [0, 0.1) is 0 Å². The lowest BCUT2D eigenvalue weighted by atomic mass is 10.2. The van der Waals surface area contributed by atoms with Crippen LogP contribution in [0.3, 0.4) is 0 Å². The average Bonchev–Trinajstić information content (AvgIpc) is 3.10. The maximum atomic E-state index is 12.1. The van der Waals surface area contributed by atoms with E-state index in [1.54, 1.807) is 30.3 Å². The van der Waals surface area contributed by atoms with Crippen LogP contribution in [0.2, 0.25) is 0 Å². The number of benzene rings is 2. The number of rotatable bonds is 7. The number of hydrogen-bond donors (Lipinski definition) is 1. The Morgan fingerprint density at radius 3 is 2.78 bits per heavy atom.